The Hall–Kier alpha value is -1.67. The molecule has 9 heteroatoms. The Morgan fingerprint density at radius 3 is 2.55 bits per heavy atom. The number of halogens is 5. The van der Waals surface area contributed by atoms with Gasteiger partial charge in [0.15, 0.2) is 5.69 Å². The fraction of sp³-hybridized carbons (Fsp3) is 0.636. The zero-order valence-corrected chi connectivity index (χ0v) is 10.1. The minimum Gasteiger partial charge on any atom is -0.480 e. The predicted molar refractivity (Wildman–Crippen MR) is 54.2 cm³/mol. The van der Waals surface area contributed by atoms with Crippen LogP contribution in [0.1, 0.15) is 29.8 Å². The molecule has 1 heterocycles. The molecule has 1 aromatic rings. The van der Waals surface area contributed by atoms with E-state index in [9.17, 15) is 26.7 Å². The highest BCUT2D eigenvalue weighted by molar-refractivity contribution is 5.67. The summed E-state index contributed by atoms with van der Waals surface area (Å²) in [6.07, 6.45) is -4.87. The van der Waals surface area contributed by atoms with Crippen molar-refractivity contribution >= 4 is 5.97 Å². The maximum Gasteiger partial charge on any atom is 0.435 e. The largest absolute Gasteiger partial charge is 0.480 e. The van der Waals surface area contributed by atoms with Crippen LogP contribution in [-0.4, -0.2) is 20.9 Å². The smallest absolute Gasteiger partial charge is 0.435 e. The van der Waals surface area contributed by atoms with Crippen molar-refractivity contribution in [3.05, 3.63) is 17.0 Å². The second-order valence-corrected chi connectivity index (χ2v) is 5.19. The zero-order chi connectivity index (χ0) is 15.0. The van der Waals surface area contributed by atoms with Gasteiger partial charge in [-0.2, -0.15) is 27.1 Å². The number of rotatable bonds is 2. The van der Waals surface area contributed by atoms with E-state index in [1.165, 1.54) is 6.92 Å². The van der Waals surface area contributed by atoms with Gasteiger partial charge in [0.05, 0.1) is 0 Å². The van der Waals surface area contributed by atoms with E-state index in [1.54, 1.807) is 0 Å². The molecule has 1 N–H and O–H groups in total. The number of hydrogen-bond acceptors (Lipinski definition) is 2. The molecular formula is C11H9F5N2O2. The van der Waals surface area contributed by atoms with Gasteiger partial charge in [-0.1, -0.05) is 6.92 Å². The molecule has 110 valence electrons. The number of carboxylic acids is 1. The average Bonchev–Trinajstić information content (AvgIpc) is 2.66. The van der Waals surface area contributed by atoms with Gasteiger partial charge in [0.2, 0.25) is 0 Å². The highest BCUT2D eigenvalue weighted by Gasteiger charge is 2.72. The Morgan fingerprint density at radius 2 is 2.05 bits per heavy atom. The molecule has 0 radical (unpaired) electrons. The summed E-state index contributed by atoms with van der Waals surface area (Å²) >= 11 is 0. The van der Waals surface area contributed by atoms with Crippen molar-refractivity contribution in [1.82, 2.24) is 9.78 Å². The van der Waals surface area contributed by atoms with E-state index in [4.69, 9.17) is 5.11 Å². The molecule has 3 atom stereocenters. The Bertz CT molecular complexity index is 607. The van der Waals surface area contributed by atoms with Crippen molar-refractivity contribution < 1.29 is 31.9 Å². The molecule has 2 aliphatic rings. The number of hydrogen-bond donors (Lipinski definition) is 1. The first kappa shape index (κ1) is 13.3. The second-order valence-electron chi connectivity index (χ2n) is 5.19. The fourth-order valence-electron chi connectivity index (χ4n) is 3.21. The van der Waals surface area contributed by atoms with Crippen LogP contribution in [0.4, 0.5) is 22.0 Å². The van der Waals surface area contributed by atoms with Gasteiger partial charge < -0.3 is 5.11 Å². The first-order chi connectivity index (χ1) is 9.06. The third-order valence-electron chi connectivity index (χ3n) is 3.99. The number of carbonyl (C=O) groups is 1. The van der Waals surface area contributed by atoms with Crippen LogP contribution in [0.15, 0.2) is 0 Å². The molecule has 0 spiro atoms. The SMILES string of the molecule is C[C@H]1[C@H]2c3c(C(F)(F)F)nn(CC(=O)O)c3C(F)(F)[C@@H]12. The van der Waals surface area contributed by atoms with Gasteiger partial charge in [0.25, 0.3) is 5.92 Å². The van der Waals surface area contributed by atoms with Crippen LogP contribution in [0, 0.1) is 11.8 Å². The van der Waals surface area contributed by atoms with E-state index < -0.39 is 59.3 Å². The van der Waals surface area contributed by atoms with Crippen molar-refractivity contribution in [1.29, 1.82) is 0 Å². The molecule has 4 nitrogen and oxygen atoms in total. The van der Waals surface area contributed by atoms with E-state index in [0.717, 1.165) is 0 Å². The van der Waals surface area contributed by atoms with Gasteiger partial charge >= 0.3 is 12.1 Å². The van der Waals surface area contributed by atoms with Crippen LogP contribution in [0.5, 0.6) is 0 Å². The monoisotopic (exact) mass is 296 g/mol. The molecule has 3 rings (SSSR count). The summed E-state index contributed by atoms with van der Waals surface area (Å²) in [7, 11) is 0. The average molecular weight is 296 g/mol. The third kappa shape index (κ3) is 1.52. The summed E-state index contributed by atoms with van der Waals surface area (Å²) in [5.74, 6) is -7.61. The first-order valence-electron chi connectivity index (χ1n) is 5.84. The fourth-order valence-corrected chi connectivity index (χ4v) is 3.21. The molecule has 20 heavy (non-hydrogen) atoms. The molecule has 0 amide bonds. The van der Waals surface area contributed by atoms with Gasteiger partial charge in [0.1, 0.15) is 12.2 Å². The molecule has 0 aromatic carbocycles. The maximum absolute atomic E-state index is 14.1. The molecule has 0 unspecified atom stereocenters. The van der Waals surface area contributed by atoms with Crippen LogP contribution in [0.2, 0.25) is 0 Å². The summed E-state index contributed by atoms with van der Waals surface area (Å²) in [6, 6.07) is 0. The van der Waals surface area contributed by atoms with Gasteiger partial charge in [-0.25, -0.2) is 0 Å². The summed E-state index contributed by atoms with van der Waals surface area (Å²) in [4.78, 5) is 10.6. The van der Waals surface area contributed by atoms with Crippen molar-refractivity contribution in [2.24, 2.45) is 11.8 Å². The Labute approximate surface area is 109 Å². The standard InChI is InChI=1S/C11H9F5N2O2/c1-3-5-6-8(11(14,15)16)17-18(2-4(19)20)9(6)10(12,13)7(3)5/h3,5,7H,2H2,1H3,(H,19,20)/t3-,5-,7-/m0/s1. The van der Waals surface area contributed by atoms with Gasteiger partial charge in [-0.15, -0.1) is 0 Å². The number of carboxylic acid groups (broad SMARTS) is 1. The summed E-state index contributed by atoms with van der Waals surface area (Å²) < 4.78 is 67.2. The molecule has 0 aliphatic heterocycles. The van der Waals surface area contributed by atoms with Crippen LogP contribution < -0.4 is 0 Å². The van der Waals surface area contributed by atoms with Crippen molar-refractivity contribution in [3.8, 4) is 0 Å². The normalized spacial score (nSPS) is 30.0. The van der Waals surface area contributed by atoms with E-state index in [-0.39, 0.29) is 4.68 Å². The minimum atomic E-state index is -4.87. The Kier molecular flexibility index (Phi) is 2.33. The lowest BCUT2D eigenvalue weighted by molar-refractivity contribution is -0.143. The molecule has 2 aliphatic carbocycles. The quantitative estimate of drug-likeness (QED) is 0.853. The Balaban J connectivity index is 2.21. The molecule has 1 aromatic heterocycles. The number of fused-ring (bicyclic) bond motifs is 3. The van der Waals surface area contributed by atoms with Crippen LogP contribution in [0.3, 0.4) is 0 Å². The van der Waals surface area contributed by atoms with Crippen LogP contribution >= 0.6 is 0 Å². The predicted octanol–water partition coefficient (Wildman–Crippen LogP) is 2.44. The Morgan fingerprint density at radius 1 is 1.45 bits per heavy atom. The van der Waals surface area contributed by atoms with E-state index >= 15 is 0 Å². The topological polar surface area (TPSA) is 55.1 Å². The van der Waals surface area contributed by atoms with E-state index in [1.807, 2.05) is 0 Å². The molecule has 0 bridgehead atoms. The maximum atomic E-state index is 14.1. The number of aromatic nitrogens is 2. The molecule has 0 saturated heterocycles. The summed E-state index contributed by atoms with van der Waals surface area (Å²) in [6.45, 7) is 0.447. The summed E-state index contributed by atoms with van der Waals surface area (Å²) in [5, 5.41) is 11.7. The third-order valence-corrected chi connectivity index (χ3v) is 3.99. The van der Waals surface area contributed by atoms with E-state index in [2.05, 4.69) is 5.10 Å². The zero-order valence-electron chi connectivity index (χ0n) is 10.1. The lowest BCUT2D eigenvalue weighted by Crippen LogP contribution is -2.23. The van der Waals surface area contributed by atoms with E-state index in [0.29, 0.717) is 0 Å². The van der Waals surface area contributed by atoms with Gasteiger partial charge in [-0.05, 0) is 5.92 Å². The summed E-state index contributed by atoms with van der Waals surface area (Å²) in [5.41, 5.74) is -2.80. The van der Waals surface area contributed by atoms with Gasteiger partial charge in [-0.3, -0.25) is 9.48 Å². The first-order valence-corrected chi connectivity index (χ1v) is 5.84. The number of aliphatic carboxylic acids is 1. The van der Waals surface area contributed by atoms with Crippen LogP contribution in [-0.2, 0) is 23.4 Å². The molecule has 1 fully saturated rings. The van der Waals surface area contributed by atoms with Crippen molar-refractivity contribution in [2.75, 3.05) is 0 Å². The highest BCUT2D eigenvalue weighted by atomic mass is 19.4. The van der Waals surface area contributed by atoms with Gasteiger partial charge in [0, 0.05) is 17.4 Å². The lowest BCUT2D eigenvalue weighted by atomic mass is 10.1. The number of alkyl halides is 5. The van der Waals surface area contributed by atoms with Crippen molar-refractivity contribution in [3.63, 3.8) is 0 Å². The second kappa shape index (κ2) is 3.50. The molecular weight excluding hydrogens is 287 g/mol. The molecule has 1 saturated carbocycles. The highest BCUT2D eigenvalue weighted by Crippen LogP contribution is 2.71. The minimum absolute atomic E-state index is 0.277. The van der Waals surface area contributed by atoms with Crippen molar-refractivity contribution in [2.45, 2.75) is 31.5 Å². The number of nitrogens with zero attached hydrogens (tertiary/aromatic N) is 2. The lowest BCUT2D eigenvalue weighted by Gasteiger charge is -2.15. The van der Waals surface area contributed by atoms with Crippen LogP contribution in [0.25, 0.3) is 0 Å².